The Kier molecular flexibility index (Phi) is 8.76. The summed E-state index contributed by atoms with van der Waals surface area (Å²) in [5.41, 5.74) is 2.93. The summed E-state index contributed by atoms with van der Waals surface area (Å²) in [5.74, 6) is 6.63. The molecule has 102 valence electrons. The fraction of sp³-hybridized carbons (Fsp3) is 0.571. The van der Waals surface area contributed by atoms with Crippen molar-refractivity contribution in [3.05, 3.63) is 28.7 Å². The zero-order valence-electron chi connectivity index (χ0n) is 11.0. The number of hydrogen-bond donors (Lipinski definition) is 2. The van der Waals surface area contributed by atoms with Crippen LogP contribution < -0.4 is 11.3 Å². The Morgan fingerprint density at radius 2 is 2.06 bits per heavy atom. The van der Waals surface area contributed by atoms with Crippen LogP contribution in [0.3, 0.4) is 0 Å². The van der Waals surface area contributed by atoms with Gasteiger partial charge in [-0.05, 0) is 34.5 Å². The first-order valence-corrected chi connectivity index (χ1v) is 8.39. The van der Waals surface area contributed by atoms with Crippen molar-refractivity contribution in [2.45, 2.75) is 50.0 Å². The van der Waals surface area contributed by atoms with Crippen molar-refractivity contribution in [3.8, 4) is 0 Å². The molecule has 1 atom stereocenters. The second-order valence-corrected chi connectivity index (χ2v) is 6.37. The minimum Gasteiger partial charge on any atom is -0.271 e. The van der Waals surface area contributed by atoms with E-state index in [0.29, 0.717) is 6.04 Å². The third kappa shape index (κ3) is 6.23. The van der Waals surface area contributed by atoms with Crippen LogP contribution in [0.1, 0.15) is 39.0 Å². The number of thioether (sulfide) groups is 1. The van der Waals surface area contributed by atoms with Gasteiger partial charge in [0.15, 0.2) is 0 Å². The Labute approximate surface area is 123 Å². The van der Waals surface area contributed by atoms with E-state index in [4.69, 9.17) is 5.84 Å². The lowest BCUT2D eigenvalue weighted by Gasteiger charge is -2.15. The molecule has 0 amide bonds. The van der Waals surface area contributed by atoms with Gasteiger partial charge < -0.3 is 0 Å². The van der Waals surface area contributed by atoms with E-state index in [1.807, 2.05) is 17.8 Å². The number of unbranched alkanes of at least 4 members (excludes halogenated alkanes) is 3. The van der Waals surface area contributed by atoms with Gasteiger partial charge in [-0.3, -0.25) is 11.3 Å². The van der Waals surface area contributed by atoms with Crippen LogP contribution in [0.4, 0.5) is 0 Å². The van der Waals surface area contributed by atoms with E-state index in [2.05, 4.69) is 46.5 Å². The zero-order chi connectivity index (χ0) is 13.2. The molecule has 0 aliphatic rings. The van der Waals surface area contributed by atoms with Gasteiger partial charge in [-0.1, -0.05) is 44.7 Å². The Morgan fingerprint density at radius 1 is 1.28 bits per heavy atom. The smallest absolute Gasteiger partial charge is 0.0311 e. The number of nitrogens with two attached hydrogens (primary N) is 1. The lowest BCUT2D eigenvalue weighted by Crippen LogP contribution is -2.36. The molecule has 0 radical (unpaired) electrons. The Hall–Kier alpha value is -0.0300. The number of nitrogens with one attached hydrogen (secondary N) is 1. The van der Waals surface area contributed by atoms with Gasteiger partial charge in [-0.15, -0.1) is 11.8 Å². The van der Waals surface area contributed by atoms with Crippen LogP contribution in [-0.4, -0.2) is 11.8 Å². The fourth-order valence-corrected chi connectivity index (χ4v) is 3.44. The molecule has 2 nitrogen and oxygen atoms in total. The molecule has 1 rings (SSSR count). The minimum absolute atomic E-state index is 0.402. The molecule has 0 aliphatic carbocycles. The maximum absolute atomic E-state index is 5.61. The van der Waals surface area contributed by atoms with Gasteiger partial charge >= 0.3 is 0 Å². The van der Waals surface area contributed by atoms with Gasteiger partial charge in [0.05, 0.1) is 0 Å². The maximum atomic E-state index is 5.61. The van der Waals surface area contributed by atoms with Crippen molar-refractivity contribution in [1.82, 2.24) is 5.43 Å². The van der Waals surface area contributed by atoms with Crippen molar-refractivity contribution >= 4 is 27.7 Å². The molecule has 0 aliphatic heterocycles. The first kappa shape index (κ1) is 16.0. The number of benzene rings is 1. The molecule has 0 fully saturated rings. The van der Waals surface area contributed by atoms with E-state index in [1.54, 1.807) is 0 Å². The van der Waals surface area contributed by atoms with Crippen molar-refractivity contribution in [1.29, 1.82) is 0 Å². The summed E-state index contributed by atoms with van der Waals surface area (Å²) >= 11 is 5.42. The van der Waals surface area contributed by atoms with Crippen LogP contribution in [0, 0.1) is 0 Å². The minimum atomic E-state index is 0.402. The van der Waals surface area contributed by atoms with E-state index < -0.39 is 0 Å². The molecule has 0 aromatic heterocycles. The topological polar surface area (TPSA) is 38.0 Å². The largest absolute Gasteiger partial charge is 0.271 e. The summed E-state index contributed by atoms with van der Waals surface area (Å²) in [4.78, 5) is 1.28. The molecule has 0 heterocycles. The van der Waals surface area contributed by atoms with Crippen LogP contribution in [0.15, 0.2) is 33.6 Å². The molecule has 1 aromatic carbocycles. The molecule has 0 bridgehead atoms. The van der Waals surface area contributed by atoms with Gasteiger partial charge in [-0.2, -0.15) is 0 Å². The molecule has 4 heteroatoms. The highest BCUT2D eigenvalue weighted by Gasteiger charge is 2.08. The van der Waals surface area contributed by atoms with E-state index >= 15 is 0 Å². The first-order chi connectivity index (χ1) is 8.77. The summed E-state index contributed by atoms with van der Waals surface area (Å²) in [7, 11) is 0. The molecule has 0 saturated carbocycles. The van der Waals surface area contributed by atoms with Gasteiger partial charge in [0.2, 0.25) is 0 Å². The number of halogens is 1. The molecular formula is C14H23BrN2S. The van der Waals surface area contributed by atoms with Crippen molar-refractivity contribution in [2.75, 3.05) is 5.75 Å². The molecule has 18 heavy (non-hydrogen) atoms. The first-order valence-electron chi connectivity index (χ1n) is 6.61. The second-order valence-electron chi connectivity index (χ2n) is 4.45. The van der Waals surface area contributed by atoms with Gasteiger partial charge in [0, 0.05) is 21.2 Å². The lowest BCUT2D eigenvalue weighted by molar-refractivity contribution is 0.501. The highest BCUT2D eigenvalue weighted by molar-refractivity contribution is 9.10. The number of rotatable bonds is 9. The summed E-state index contributed by atoms with van der Waals surface area (Å²) in [6, 6.07) is 8.73. The van der Waals surface area contributed by atoms with Crippen LogP contribution in [0.25, 0.3) is 0 Å². The average Bonchev–Trinajstić information content (AvgIpc) is 2.40. The Bertz CT molecular complexity index is 333. The van der Waals surface area contributed by atoms with Crippen molar-refractivity contribution in [3.63, 3.8) is 0 Å². The molecule has 0 spiro atoms. The van der Waals surface area contributed by atoms with E-state index in [1.165, 1.54) is 30.6 Å². The predicted octanol–water partition coefficient (Wildman–Crippen LogP) is 4.34. The third-order valence-electron chi connectivity index (χ3n) is 2.92. The summed E-state index contributed by atoms with van der Waals surface area (Å²) in [6.07, 6.45) is 6.35. The molecule has 1 unspecified atom stereocenters. The second kappa shape index (κ2) is 9.84. The van der Waals surface area contributed by atoms with Crippen molar-refractivity contribution < 1.29 is 0 Å². The number of hydrazine groups is 1. The third-order valence-corrected chi connectivity index (χ3v) is 5.11. The number of hydrogen-bond acceptors (Lipinski definition) is 3. The highest BCUT2D eigenvalue weighted by Crippen LogP contribution is 2.27. The molecule has 1 aromatic rings. The summed E-state index contributed by atoms with van der Waals surface area (Å²) in [6.45, 7) is 2.24. The van der Waals surface area contributed by atoms with Crippen LogP contribution in [0.5, 0.6) is 0 Å². The fourth-order valence-electron chi connectivity index (χ4n) is 1.78. The Balaban J connectivity index is 2.29. The SMILES string of the molecule is CCCCCCC(CSc1ccccc1Br)NN. The molecular weight excluding hydrogens is 308 g/mol. The summed E-state index contributed by atoms with van der Waals surface area (Å²) < 4.78 is 1.16. The Morgan fingerprint density at radius 3 is 2.72 bits per heavy atom. The summed E-state index contributed by atoms with van der Waals surface area (Å²) in [5, 5.41) is 0. The van der Waals surface area contributed by atoms with E-state index in [0.717, 1.165) is 16.6 Å². The molecule has 3 N–H and O–H groups in total. The monoisotopic (exact) mass is 330 g/mol. The van der Waals surface area contributed by atoms with E-state index in [-0.39, 0.29) is 0 Å². The van der Waals surface area contributed by atoms with E-state index in [9.17, 15) is 0 Å². The lowest BCUT2D eigenvalue weighted by atomic mass is 10.1. The van der Waals surface area contributed by atoms with Crippen LogP contribution >= 0.6 is 27.7 Å². The van der Waals surface area contributed by atoms with Gasteiger partial charge in [0.1, 0.15) is 0 Å². The van der Waals surface area contributed by atoms with Crippen LogP contribution in [-0.2, 0) is 0 Å². The highest BCUT2D eigenvalue weighted by atomic mass is 79.9. The maximum Gasteiger partial charge on any atom is 0.0311 e. The van der Waals surface area contributed by atoms with Crippen LogP contribution in [0.2, 0.25) is 0 Å². The zero-order valence-corrected chi connectivity index (χ0v) is 13.4. The van der Waals surface area contributed by atoms with Crippen molar-refractivity contribution in [2.24, 2.45) is 5.84 Å². The standard InChI is InChI=1S/C14H23BrN2S/c1-2-3-4-5-8-12(17-16)11-18-14-10-7-6-9-13(14)15/h6-7,9-10,12,17H,2-5,8,11,16H2,1H3. The van der Waals surface area contributed by atoms with Gasteiger partial charge in [-0.25, -0.2) is 0 Å². The normalized spacial score (nSPS) is 12.6. The quantitative estimate of drug-likeness (QED) is 0.306. The van der Waals surface area contributed by atoms with Gasteiger partial charge in [0.25, 0.3) is 0 Å². The predicted molar refractivity (Wildman–Crippen MR) is 84.7 cm³/mol. The average molecular weight is 331 g/mol. The molecule has 0 saturated heterocycles.